The summed E-state index contributed by atoms with van der Waals surface area (Å²) in [5.41, 5.74) is 1.20. The smallest absolute Gasteiger partial charge is 0.256 e. The highest BCUT2D eigenvalue weighted by atomic mass is 127. The molecule has 0 saturated carbocycles. The van der Waals surface area contributed by atoms with E-state index in [2.05, 4.69) is 43.8 Å². The van der Waals surface area contributed by atoms with Gasteiger partial charge in [0.2, 0.25) is 0 Å². The summed E-state index contributed by atoms with van der Waals surface area (Å²) >= 11 is 5.54. The first kappa shape index (κ1) is 18.1. The van der Waals surface area contributed by atoms with Gasteiger partial charge in [0.15, 0.2) is 0 Å². The zero-order chi connectivity index (χ0) is 16.8. The van der Waals surface area contributed by atoms with E-state index in [0.717, 1.165) is 8.04 Å². The van der Waals surface area contributed by atoms with Crippen molar-refractivity contribution in [1.29, 1.82) is 0 Å². The van der Waals surface area contributed by atoms with E-state index >= 15 is 0 Å². The highest BCUT2D eigenvalue weighted by Crippen LogP contribution is 2.30. The molecule has 0 saturated heterocycles. The zero-order valence-corrected chi connectivity index (χ0v) is 16.6. The van der Waals surface area contributed by atoms with Gasteiger partial charge < -0.3 is 14.8 Å². The Kier molecular flexibility index (Phi) is 6.71. The van der Waals surface area contributed by atoms with E-state index in [1.165, 1.54) is 0 Å². The molecule has 2 aromatic carbocycles. The fourth-order valence-electron chi connectivity index (χ4n) is 2.01. The van der Waals surface area contributed by atoms with Crippen molar-refractivity contribution < 1.29 is 14.3 Å². The van der Waals surface area contributed by atoms with Crippen LogP contribution >= 0.6 is 38.5 Å². The third-order valence-electron chi connectivity index (χ3n) is 2.98. The number of ether oxygens (including phenoxy) is 2. The van der Waals surface area contributed by atoms with Crippen molar-refractivity contribution in [3.8, 4) is 11.5 Å². The maximum absolute atomic E-state index is 12.6. The first-order valence-electron chi connectivity index (χ1n) is 7.21. The number of amides is 1. The zero-order valence-electron chi connectivity index (χ0n) is 12.9. The monoisotopic (exact) mass is 489 g/mol. The second kappa shape index (κ2) is 8.54. The van der Waals surface area contributed by atoms with E-state index in [4.69, 9.17) is 9.47 Å². The van der Waals surface area contributed by atoms with Crippen molar-refractivity contribution in [1.82, 2.24) is 0 Å². The summed E-state index contributed by atoms with van der Waals surface area (Å²) in [4.78, 5) is 12.6. The highest BCUT2D eigenvalue weighted by Gasteiger charge is 2.14. The minimum atomic E-state index is -0.190. The van der Waals surface area contributed by atoms with Gasteiger partial charge in [0.1, 0.15) is 11.5 Å². The van der Waals surface area contributed by atoms with Crippen molar-refractivity contribution in [2.75, 3.05) is 18.5 Å². The Bertz CT molecular complexity index is 706. The number of rotatable bonds is 6. The van der Waals surface area contributed by atoms with Crippen LogP contribution in [0.1, 0.15) is 24.2 Å². The third-order valence-corrected chi connectivity index (χ3v) is 4.42. The van der Waals surface area contributed by atoms with Gasteiger partial charge in [-0.05, 0) is 66.8 Å². The first-order chi connectivity index (χ1) is 11.0. The molecule has 4 nitrogen and oxygen atoms in total. The quantitative estimate of drug-likeness (QED) is 0.574. The fourth-order valence-corrected chi connectivity index (χ4v) is 2.95. The number of hydrogen-bond acceptors (Lipinski definition) is 3. The van der Waals surface area contributed by atoms with Crippen LogP contribution in [0.4, 0.5) is 5.69 Å². The minimum Gasteiger partial charge on any atom is -0.494 e. The molecule has 2 rings (SSSR count). The van der Waals surface area contributed by atoms with E-state index in [0.29, 0.717) is 36.0 Å². The van der Waals surface area contributed by atoms with Crippen LogP contribution in [-0.4, -0.2) is 19.1 Å². The summed E-state index contributed by atoms with van der Waals surface area (Å²) in [7, 11) is 0. The van der Waals surface area contributed by atoms with Crippen LogP contribution in [0.2, 0.25) is 0 Å². The van der Waals surface area contributed by atoms with Crippen LogP contribution in [0.3, 0.4) is 0 Å². The lowest BCUT2D eigenvalue weighted by atomic mass is 10.2. The van der Waals surface area contributed by atoms with Gasteiger partial charge in [-0.1, -0.05) is 15.9 Å². The Hall–Kier alpha value is -1.28. The number of nitrogens with one attached hydrogen (secondary N) is 1. The molecule has 0 heterocycles. The first-order valence-corrected chi connectivity index (χ1v) is 9.08. The van der Waals surface area contributed by atoms with E-state index < -0.39 is 0 Å². The summed E-state index contributed by atoms with van der Waals surface area (Å²) in [5.74, 6) is 1.12. The van der Waals surface area contributed by atoms with Gasteiger partial charge in [-0.3, -0.25) is 4.79 Å². The standard InChI is InChI=1S/C17H17BrINO3/c1-3-22-12-6-8-16(23-4-2)15(10-12)20-17(21)13-9-11(18)5-7-14(13)19/h5-10H,3-4H2,1-2H3,(H,20,21). The molecule has 122 valence electrons. The van der Waals surface area contributed by atoms with E-state index in [-0.39, 0.29) is 5.91 Å². The average Bonchev–Trinajstić information content (AvgIpc) is 2.52. The molecule has 0 aliphatic rings. The lowest BCUT2D eigenvalue weighted by Crippen LogP contribution is -2.14. The van der Waals surface area contributed by atoms with Crippen LogP contribution < -0.4 is 14.8 Å². The van der Waals surface area contributed by atoms with Gasteiger partial charge in [0.25, 0.3) is 5.91 Å². The van der Waals surface area contributed by atoms with Crippen molar-refractivity contribution in [3.05, 3.63) is 50.0 Å². The molecule has 0 fully saturated rings. The van der Waals surface area contributed by atoms with Crippen LogP contribution in [-0.2, 0) is 0 Å². The van der Waals surface area contributed by atoms with Gasteiger partial charge in [-0.25, -0.2) is 0 Å². The molecular formula is C17H17BrINO3. The molecule has 0 aliphatic carbocycles. The molecule has 0 aliphatic heterocycles. The molecule has 0 aromatic heterocycles. The summed E-state index contributed by atoms with van der Waals surface area (Å²) in [6.07, 6.45) is 0. The van der Waals surface area contributed by atoms with Gasteiger partial charge in [-0.2, -0.15) is 0 Å². The molecular weight excluding hydrogens is 473 g/mol. The predicted octanol–water partition coefficient (Wildman–Crippen LogP) is 5.10. The summed E-state index contributed by atoms with van der Waals surface area (Å²) in [6.45, 7) is 4.90. The Morgan fingerprint density at radius 2 is 1.87 bits per heavy atom. The Labute approximate surface area is 157 Å². The third kappa shape index (κ3) is 4.84. The van der Waals surface area contributed by atoms with Gasteiger partial charge in [0.05, 0.1) is 24.5 Å². The van der Waals surface area contributed by atoms with Crippen LogP contribution in [0.5, 0.6) is 11.5 Å². The number of halogens is 2. The summed E-state index contributed by atoms with van der Waals surface area (Å²) in [6, 6.07) is 11.0. The van der Waals surface area contributed by atoms with Crippen molar-refractivity contribution >= 4 is 50.1 Å². The highest BCUT2D eigenvalue weighted by molar-refractivity contribution is 14.1. The molecule has 2 aromatic rings. The topological polar surface area (TPSA) is 47.6 Å². The van der Waals surface area contributed by atoms with Crippen molar-refractivity contribution in [3.63, 3.8) is 0 Å². The number of carbonyl (C=O) groups excluding carboxylic acids is 1. The van der Waals surface area contributed by atoms with Crippen LogP contribution in [0.15, 0.2) is 40.9 Å². The lowest BCUT2D eigenvalue weighted by molar-refractivity contribution is 0.102. The lowest BCUT2D eigenvalue weighted by Gasteiger charge is -2.14. The SMILES string of the molecule is CCOc1ccc(OCC)c(NC(=O)c2cc(Br)ccc2I)c1. The van der Waals surface area contributed by atoms with Crippen LogP contribution in [0.25, 0.3) is 0 Å². The number of benzene rings is 2. The Balaban J connectivity index is 2.31. The second-order valence-electron chi connectivity index (χ2n) is 4.60. The molecule has 0 bridgehead atoms. The summed E-state index contributed by atoms with van der Waals surface area (Å²) in [5, 5.41) is 2.91. The molecule has 1 amide bonds. The number of anilines is 1. The number of hydrogen-bond donors (Lipinski definition) is 1. The Morgan fingerprint density at radius 3 is 2.57 bits per heavy atom. The van der Waals surface area contributed by atoms with Gasteiger partial charge in [-0.15, -0.1) is 0 Å². The van der Waals surface area contributed by atoms with E-state index in [9.17, 15) is 4.79 Å². The minimum absolute atomic E-state index is 0.190. The average molecular weight is 490 g/mol. The van der Waals surface area contributed by atoms with Crippen LogP contribution in [0, 0.1) is 3.57 Å². The van der Waals surface area contributed by atoms with E-state index in [1.807, 2.05) is 32.0 Å². The van der Waals surface area contributed by atoms with Gasteiger partial charge >= 0.3 is 0 Å². The summed E-state index contributed by atoms with van der Waals surface area (Å²) < 4.78 is 12.8. The predicted molar refractivity (Wildman–Crippen MR) is 104 cm³/mol. The maximum Gasteiger partial charge on any atom is 0.256 e. The molecule has 0 atom stereocenters. The van der Waals surface area contributed by atoms with E-state index in [1.54, 1.807) is 18.2 Å². The van der Waals surface area contributed by atoms with Crippen molar-refractivity contribution in [2.45, 2.75) is 13.8 Å². The molecule has 0 spiro atoms. The second-order valence-corrected chi connectivity index (χ2v) is 6.68. The Morgan fingerprint density at radius 1 is 1.13 bits per heavy atom. The maximum atomic E-state index is 12.6. The van der Waals surface area contributed by atoms with Crippen molar-refractivity contribution in [2.24, 2.45) is 0 Å². The molecule has 1 N–H and O–H groups in total. The number of carbonyl (C=O) groups is 1. The normalized spacial score (nSPS) is 10.3. The molecule has 0 radical (unpaired) electrons. The largest absolute Gasteiger partial charge is 0.494 e. The molecule has 23 heavy (non-hydrogen) atoms. The molecule has 6 heteroatoms. The molecule has 0 unspecified atom stereocenters. The van der Waals surface area contributed by atoms with Gasteiger partial charge in [0, 0.05) is 14.1 Å². The fraction of sp³-hybridized carbons (Fsp3) is 0.235.